The van der Waals surface area contributed by atoms with Gasteiger partial charge in [0, 0.05) is 30.4 Å². The number of nitrogens with one attached hydrogen (secondary N) is 1. The molecule has 1 aromatic heterocycles. The predicted molar refractivity (Wildman–Crippen MR) is 111 cm³/mol. The van der Waals surface area contributed by atoms with E-state index in [1.54, 1.807) is 12.3 Å². The quantitative estimate of drug-likeness (QED) is 0.668. The molecule has 0 spiro atoms. The molecule has 0 atom stereocenters. The third-order valence-electron chi connectivity index (χ3n) is 5.48. The van der Waals surface area contributed by atoms with Gasteiger partial charge in [-0.15, -0.1) is 0 Å². The maximum absolute atomic E-state index is 14.0. The van der Waals surface area contributed by atoms with Crippen LogP contribution in [0.4, 0.5) is 15.8 Å². The van der Waals surface area contributed by atoms with Crippen LogP contribution < -0.4 is 5.32 Å². The first-order chi connectivity index (χ1) is 13.5. The lowest BCUT2D eigenvalue weighted by Gasteiger charge is -2.27. The van der Waals surface area contributed by atoms with Gasteiger partial charge in [0.25, 0.3) is 5.91 Å². The Labute approximate surface area is 164 Å². The maximum atomic E-state index is 14.0. The number of aromatic nitrogens is 1. The second-order valence-corrected chi connectivity index (χ2v) is 7.49. The lowest BCUT2D eigenvalue weighted by molar-refractivity contribution is 0.0725. The predicted octanol–water partition coefficient (Wildman–Crippen LogP) is 5.36. The van der Waals surface area contributed by atoms with E-state index < -0.39 is 0 Å². The second-order valence-electron chi connectivity index (χ2n) is 7.49. The SMILES string of the molecule is Cc1ccc(Nc2c(C(=O)N3CCCCC3)cnc3ccc(F)cc23)cc1C. The van der Waals surface area contributed by atoms with Crippen LogP contribution in [-0.2, 0) is 0 Å². The van der Waals surface area contributed by atoms with Crippen molar-refractivity contribution in [2.75, 3.05) is 18.4 Å². The highest BCUT2D eigenvalue weighted by atomic mass is 19.1. The Kier molecular flexibility index (Phi) is 4.99. The summed E-state index contributed by atoms with van der Waals surface area (Å²) in [5, 5.41) is 3.99. The van der Waals surface area contributed by atoms with Crippen LogP contribution in [0.25, 0.3) is 10.9 Å². The number of rotatable bonds is 3. The summed E-state index contributed by atoms with van der Waals surface area (Å²) < 4.78 is 14.0. The summed E-state index contributed by atoms with van der Waals surface area (Å²) in [7, 11) is 0. The minimum atomic E-state index is -0.347. The number of fused-ring (bicyclic) bond motifs is 1. The first-order valence-electron chi connectivity index (χ1n) is 9.75. The van der Waals surface area contributed by atoms with Crippen LogP contribution in [0.5, 0.6) is 0 Å². The second kappa shape index (κ2) is 7.58. The number of nitrogens with zero attached hydrogens (tertiary/aromatic N) is 2. The van der Waals surface area contributed by atoms with Crippen LogP contribution >= 0.6 is 0 Å². The van der Waals surface area contributed by atoms with Gasteiger partial charge in [-0.3, -0.25) is 9.78 Å². The van der Waals surface area contributed by atoms with Gasteiger partial charge in [-0.25, -0.2) is 4.39 Å². The molecule has 0 aliphatic carbocycles. The zero-order chi connectivity index (χ0) is 19.7. The van der Waals surface area contributed by atoms with E-state index in [2.05, 4.69) is 17.2 Å². The van der Waals surface area contributed by atoms with Crippen molar-refractivity contribution in [3.05, 3.63) is 65.1 Å². The minimum absolute atomic E-state index is 0.0512. The summed E-state index contributed by atoms with van der Waals surface area (Å²) in [6.07, 6.45) is 4.79. The molecule has 144 valence electrons. The molecule has 2 aromatic carbocycles. The van der Waals surface area contributed by atoms with Crippen LogP contribution in [-0.4, -0.2) is 28.9 Å². The van der Waals surface area contributed by atoms with Crippen LogP contribution in [0.3, 0.4) is 0 Å². The lowest BCUT2D eigenvalue weighted by atomic mass is 10.0. The number of pyridine rings is 1. The summed E-state index contributed by atoms with van der Waals surface area (Å²) in [5.41, 5.74) is 4.97. The number of hydrogen-bond donors (Lipinski definition) is 1. The Morgan fingerprint density at radius 2 is 1.82 bits per heavy atom. The molecule has 1 aliphatic heterocycles. The summed E-state index contributed by atoms with van der Waals surface area (Å²) in [6, 6.07) is 10.5. The van der Waals surface area contributed by atoms with Gasteiger partial charge in [-0.2, -0.15) is 0 Å². The van der Waals surface area contributed by atoms with Crippen molar-refractivity contribution in [3.8, 4) is 0 Å². The van der Waals surface area contributed by atoms with E-state index in [1.165, 1.54) is 17.7 Å². The van der Waals surface area contributed by atoms with Crippen LogP contribution in [0.2, 0.25) is 0 Å². The van der Waals surface area contributed by atoms with E-state index in [0.29, 0.717) is 22.2 Å². The maximum Gasteiger partial charge on any atom is 0.257 e. The summed E-state index contributed by atoms with van der Waals surface area (Å²) in [6.45, 7) is 5.61. The van der Waals surface area contributed by atoms with E-state index in [4.69, 9.17) is 0 Å². The standard InChI is InChI=1S/C23H24FN3O/c1-15-6-8-18(12-16(15)2)26-22-19-13-17(24)7-9-21(19)25-14-20(22)23(28)27-10-4-3-5-11-27/h6-9,12-14H,3-5,10-11H2,1-2H3,(H,25,26). The Morgan fingerprint density at radius 3 is 2.57 bits per heavy atom. The number of benzene rings is 2. The normalized spacial score (nSPS) is 14.3. The van der Waals surface area contributed by atoms with Crippen LogP contribution in [0, 0.1) is 19.7 Å². The average Bonchev–Trinajstić information content (AvgIpc) is 2.71. The number of piperidine rings is 1. The molecule has 0 saturated carbocycles. The van der Waals surface area contributed by atoms with E-state index in [0.717, 1.165) is 43.6 Å². The fraction of sp³-hybridized carbons (Fsp3) is 0.304. The zero-order valence-corrected chi connectivity index (χ0v) is 16.3. The molecule has 0 radical (unpaired) electrons. The molecule has 4 rings (SSSR count). The highest BCUT2D eigenvalue weighted by Gasteiger charge is 2.23. The van der Waals surface area contributed by atoms with Gasteiger partial charge < -0.3 is 10.2 Å². The number of carbonyl (C=O) groups excluding carboxylic acids is 1. The van der Waals surface area contributed by atoms with Crippen molar-refractivity contribution in [1.29, 1.82) is 0 Å². The van der Waals surface area contributed by atoms with Gasteiger partial charge >= 0.3 is 0 Å². The summed E-state index contributed by atoms with van der Waals surface area (Å²) >= 11 is 0. The smallest absolute Gasteiger partial charge is 0.257 e. The van der Waals surface area contributed by atoms with Crippen molar-refractivity contribution in [2.45, 2.75) is 33.1 Å². The number of anilines is 2. The summed E-state index contributed by atoms with van der Waals surface area (Å²) in [4.78, 5) is 19.5. The number of carbonyl (C=O) groups is 1. The van der Waals surface area contributed by atoms with Crippen molar-refractivity contribution < 1.29 is 9.18 Å². The van der Waals surface area contributed by atoms with E-state index in [9.17, 15) is 9.18 Å². The number of halogens is 1. The van der Waals surface area contributed by atoms with E-state index >= 15 is 0 Å². The van der Waals surface area contributed by atoms with Gasteiger partial charge in [-0.1, -0.05) is 6.07 Å². The van der Waals surface area contributed by atoms with Crippen molar-refractivity contribution >= 4 is 28.2 Å². The molecule has 28 heavy (non-hydrogen) atoms. The largest absolute Gasteiger partial charge is 0.354 e. The molecule has 1 saturated heterocycles. The highest BCUT2D eigenvalue weighted by Crippen LogP contribution is 2.31. The molecule has 2 heterocycles. The number of likely N-dealkylation sites (tertiary alicyclic amines) is 1. The molecular formula is C23H24FN3O. The summed E-state index contributed by atoms with van der Waals surface area (Å²) in [5.74, 6) is -0.398. The molecular weight excluding hydrogens is 353 g/mol. The van der Waals surface area contributed by atoms with Gasteiger partial charge in [0.05, 0.1) is 16.8 Å². The molecule has 1 fully saturated rings. The molecule has 0 unspecified atom stereocenters. The average molecular weight is 377 g/mol. The van der Waals surface area contributed by atoms with Crippen molar-refractivity contribution in [2.24, 2.45) is 0 Å². The monoisotopic (exact) mass is 377 g/mol. The van der Waals surface area contributed by atoms with E-state index in [1.807, 2.05) is 30.0 Å². The molecule has 4 nitrogen and oxygen atoms in total. The van der Waals surface area contributed by atoms with Gasteiger partial charge in [0.15, 0.2) is 0 Å². The minimum Gasteiger partial charge on any atom is -0.354 e. The first kappa shape index (κ1) is 18.4. The van der Waals surface area contributed by atoms with Gasteiger partial charge in [0.2, 0.25) is 0 Å². The molecule has 3 aromatic rings. The third kappa shape index (κ3) is 3.57. The Morgan fingerprint density at radius 1 is 1.04 bits per heavy atom. The zero-order valence-electron chi connectivity index (χ0n) is 16.3. The highest BCUT2D eigenvalue weighted by molar-refractivity contribution is 6.08. The number of hydrogen-bond acceptors (Lipinski definition) is 3. The molecule has 1 amide bonds. The van der Waals surface area contributed by atoms with Crippen LogP contribution in [0.1, 0.15) is 40.7 Å². The fourth-order valence-corrected chi connectivity index (χ4v) is 3.69. The molecule has 5 heteroatoms. The first-order valence-corrected chi connectivity index (χ1v) is 9.75. The Bertz CT molecular complexity index is 1040. The molecule has 0 bridgehead atoms. The third-order valence-corrected chi connectivity index (χ3v) is 5.48. The number of aryl methyl sites for hydroxylation is 2. The van der Waals surface area contributed by atoms with Gasteiger partial charge in [-0.05, 0) is 74.6 Å². The molecule has 1 N–H and O–H groups in total. The topological polar surface area (TPSA) is 45.2 Å². The van der Waals surface area contributed by atoms with Gasteiger partial charge in [0.1, 0.15) is 5.82 Å². The number of amides is 1. The Hall–Kier alpha value is -2.95. The van der Waals surface area contributed by atoms with E-state index in [-0.39, 0.29) is 11.7 Å². The fourth-order valence-electron chi connectivity index (χ4n) is 3.69. The van der Waals surface area contributed by atoms with Crippen molar-refractivity contribution in [1.82, 2.24) is 9.88 Å². The molecule has 1 aliphatic rings. The lowest BCUT2D eigenvalue weighted by Crippen LogP contribution is -2.36. The van der Waals surface area contributed by atoms with Crippen LogP contribution in [0.15, 0.2) is 42.6 Å². The van der Waals surface area contributed by atoms with Crippen molar-refractivity contribution in [3.63, 3.8) is 0 Å². The Balaban J connectivity index is 1.83.